The Morgan fingerprint density at radius 2 is 1.79 bits per heavy atom. The number of hydrogen-bond donors (Lipinski definition) is 2. The number of fused-ring (bicyclic) bond motifs is 2. The number of para-hydroxylation sites is 1. The summed E-state index contributed by atoms with van der Waals surface area (Å²) in [5.41, 5.74) is 5.20. The summed E-state index contributed by atoms with van der Waals surface area (Å²) in [6.07, 6.45) is 0. The molecule has 1 aliphatic rings. The molecule has 96 valence electrons. The summed E-state index contributed by atoms with van der Waals surface area (Å²) in [6, 6.07) is 7.64. The van der Waals surface area contributed by atoms with Crippen LogP contribution < -0.4 is 10.6 Å². The van der Waals surface area contributed by atoms with E-state index in [0.717, 1.165) is 28.2 Å². The Morgan fingerprint density at radius 3 is 2.58 bits per heavy atom. The molecule has 19 heavy (non-hydrogen) atoms. The molecule has 0 unspecified atom stereocenters. The lowest BCUT2D eigenvalue weighted by molar-refractivity contribution is 0.102. The molecule has 4 heteroatoms. The lowest BCUT2D eigenvalue weighted by Crippen LogP contribution is -2.12. The average molecular weight is 253 g/mol. The van der Waals surface area contributed by atoms with Gasteiger partial charge in [-0.2, -0.15) is 0 Å². The topological polar surface area (TPSA) is 54.0 Å². The van der Waals surface area contributed by atoms with Gasteiger partial charge in [0.05, 0.1) is 16.9 Å². The fourth-order valence-electron chi connectivity index (χ4n) is 2.41. The normalized spacial score (nSPS) is 12.9. The lowest BCUT2D eigenvalue weighted by Gasteiger charge is -2.12. The van der Waals surface area contributed by atoms with Crippen LogP contribution in [-0.4, -0.2) is 10.9 Å². The van der Waals surface area contributed by atoms with Gasteiger partial charge in [0.2, 0.25) is 0 Å². The van der Waals surface area contributed by atoms with E-state index in [2.05, 4.69) is 15.6 Å². The van der Waals surface area contributed by atoms with Crippen molar-refractivity contribution in [3.63, 3.8) is 0 Å². The fourth-order valence-corrected chi connectivity index (χ4v) is 2.41. The van der Waals surface area contributed by atoms with E-state index in [1.165, 1.54) is 0 Å². The maximum Gasteiger partial charge on any atom is 0.257 e. The molecule has 0 radical (unpaired) electrons. The van der Waals surface area contributed by atoms with Gasteiger partial charge < -0.3 is 10.6 Å². The molecule has 0 spiro atoms. The third kappa shape index (κ3) is 1.85. The first-order valence-electron chi connectivity index (χ1n) is 6.22. The van der Waals surface area contributed by atoms with Gasteiger partial charge in [0.1, 0.15) is 0 Å². The molecule has 0 bridgehead atoms. The predicted octanol–water partition coefficient (Wildman–Crippen LogP) is 3.32. The number of hydrogen-bond acceptors (Lipinski definition) is 3. The van der Waals surface area contributed by atoms with Crippen molar-refractivity contribution in [1.82, 2.24) is 4.98 Å². The first-order chi connectivity index (χ1) is 9.06. The van der Waals surface area contributed by atoms with Crippen LogP contribution in [0.5, 0.6) is 0 Å². The van der Waals surface area contributed by atoms with Crippen LogP contribution in [0.2, 0.25) is 0 Å². The maximum atomic E-state index is 12.3. The maximum absolute atomic E-state index is 12.3. The second-order valence-corrected chi connectivity index (χ2v) is 4.88. The first kappa shape index (κ1) is 11.7. The molecule has 1 amide bonds. The molecule has 2 heterocycles. The molecule has 0 aliphatic carbocycles. The van der Waals surface area contributed by atoms with E-state index in [1.54, 1.807) is 0 Å². The zero-order valence-corrected chi connectivity index (χ0v) is 11.2. The number of nitrogens with one attached hydrogen (secondary N) is 2. The molecular formula is C15H15N3O. The van der Waals surface area contributed by atoms with Crippen LogP contribution in [0, 0.1) is 20.8 Å². The van der Waals surface area contributed by atoms with Gasteiger partial charge in [0, 0.05) is 5.69 Å². The average Bonchev–Trinajstić information content (AvgIpc) is 2.48. The molecule has 2 N–H and O–H groups in total. The number of aryl methyl sites for hydroxylation is 3. The van der Waals surface area contributed by atoms with E-state index in [0.29, 0.717) is 11.4 Å². The van der Waals surface area contributed by atoms with Gasteiger partial charge in [-0.1, -0.05) is 12.1 Å². The van der Waals surface area contributed by atoms with Gasteiger partial charge in [0.25, 0.3) is 5.91 Å². The molecule has 4 nitrogen and oxygen atoms in total. The van der Waals surface area contributed by atoms with Crippen molar-refractivity contribution in [3.05, 3.63) is 46.6 Å². The summed E-state index contributed by atoms with van der Waals surface area (Å²) in [6.45, 7) is 5.89. The summed E-state index contributed by atoms with van der Waals surface area (Å²) >= 11 is 0. The van der Waals surface area contributed by atoms with Crippen molar-refractivity contribution >= 4 is 23.1 Å². The Kier molecular flexibility index (Phi) is 2.52. The van der Waals surface area contributed by atoms with Crippen LogP contribution in [0.4, 0.5) is 17.2 Å². The van der Waals surface area contributed by atoms with Gasteiger partial charge in [-0.25, -0.2) is 4.98 Å². The number of benzene rings is 1. The van der Waals surface area contributed by atoms with Gasteiger partial charge in [-0.05, 0) is 44.0 Å². The Balaban J connectivity index is 2.25. The van der Waals surface area contributed by atoms with Gasteiger partial charge >= 0.3 is 0 Å². The summed E-state index contributed by atoms with van der Waals surface area (Å²) in [7, 11) is 0. The molecule has 1 aromatic heterocycles. The molecule has 1 aliphatic heterocycles. The van der Waals surface area contributed by atoms with E-state index < -0.39 is 0 Å². The number of carbonyl (C=O) groups is 1. The summed E-state index contributed by atoms with van der Waals surface area (Å²) in [4.78, 5) is 16.8. The smallest absolute Gasteiger partial charge is 0.257 e. The molecule has 0 saturated heterocycles. The number of carbonyl (C=O) groups excluding carboxylic acids is 1. The summed E-state index contributed by atoms with van der Waals surface area (Å²) in [5.74, 6) is 0.609. The standard InChI is InChI=1S/C15H15N3O/c1-8-5-4-6-11-12(8)17-14-13(18-15(11)19)9(2)7-10(3)16-14/h4-7H,1-3H3,(H,16,17)(H,18,19). The second-order valence-electron chi connectivity index (χ2n) is 4.88. The molecule has 3 rings (SSSR count). The van der Waals surface area contributed by atoms with Crippen molar-refractivity contribution in [1.29, 1.82) is 0 Å². The Morgan fingerprint density at radius 1 is 1.00 bits per heavy atom. The van der Waals surface area contributed by atoms with Crippen molar-refractivity contribution < 1.29 is 4.79 Å². The Hall–Kier alpha value is -2.36. The Bertz CT molecular complexity index is 692. The monoisotopic (exact) mass is 253 g/mol. The zero-order chi connectivity index (χ0) is 13.6. The van der Waals surface area contributed by atoms with E-state index >= 15 is 0 Å². The van der Waals surface area contributed by atoms with Crippen LogP contribution in [0.15, 0.2) is 24.3 Å². The Labute approximate surface area is 111 Å². The van der Waals surface area contributed by atoms with E-state index in [9.17, 15) is 4.79 Å². The van der Waals surface area contributed by atoms with Crippen LogP contribution in [0.1, 0.15) is 27.2 Å². The van der Waals surface area contributed by atoms with Crippen LogP contribution in [0.25, 0.3) is 0 Å². The van der Waals surface area contributed by atoms with Gasteiger partial charge in [-0.15, -0.1) is 0 Å². The lowest BCUT2D eigenvalue weighted by atomic mass is 10.1. The van der Waals surface area contributed by atoms with E-state index in [1.807, 2.05) is 45.0 Å². The molecule has 0 fully saturated rings. The van der Waals surface area contributed by atoms with Crippen molar-refractivity contribution in [2.24, 2.45) is 0 Å². The van der Waals surface area contributed by atoms with Crippen LogP contribution in [-0.2, 0) is 0 Å². The highest BCUT2D eigenvalue weighted by molar-refractivity contribution is 6.12. The number of nitrogens with zero attached hydrogens (tertiary/aromatic N) is 1. The third-order valence-electron chi connectivity index (χ3n) is 3.34. The minimum atomic E-state index is -0.0984. The van der Waals surface area contributed by atoms with Crippen LogP contribution in [0.3, 0.4) is 0 Å². The van der Waals surface area contributed by atoms with E-state index in [-0.39, 0.29) is 5.91 Å². The molecule has 2 aromatic rings. The largest absolute Gasteiger partial charge is 0.338 e. The number of aromatic nitrogens is 1. The van der Waals surface area contributed by atoms with E-state index in [4.69, 9.17) is 0 Å². The summed E-state index contributed by atoms with van der Waals surface area (Å²) in [5, 5.41) is 6.23. The summed E-state index contributed by atoms with van der Waals surface area (Å²) < 4.78 is 0. The first-order valence-corrected chi connectivity index (χ1v) is 6.22. The van der Waals surface area contributed by atoms with Crippen molar-refractivity contribution in [2.75, 3.05) is 10.6 Å². The number of anilines is 3. The highest BCUT2D eigenvalue weighted by Gasteiger charge is 2.22. The van der Waals surface area contributed by atoms with Crippen molar-refractivity contribution in [2.45, 2.75) is 20.8 Å². The highest BCUT2D eigenvalue weighted by atomic mass is 16.1. The fraction of sp³-hybridized carbons (Fsp3) is 0.200. The van der Waals surface area contributed by atoms with Crippen LogP contribution >= 0.6 is 0 Å². The predicted molar refractivity (Wildman–Crippen MR) is 76.1 cm³/mol. The second kappa shape index (κ2) is 4.09. The molecule has 0 saturated carbocycles. The third-order valence-corrected chi connectivity index (χ3v) is 3.34. The minimum Gasteiger partial charge on any atom is -0.338 e. The molecular weight excluding hydrogens is 238 g/mol. The number of amides is 1. The minimum absolute atomic E-state index is 0.0984. The number of pyridine rings is 1. The SMILES string of the molecule is Cc1cc(C)c2c(n1)Nc1c(C)cccc1C(=O)N2. The van der Waals surface area contributed by atoms with Gasteiger partial charge in [-0.3, -0.25) is 4.79 Å². The van der Waals surface area contributed by atoms with Gasteiger partial charge in [0.15, 0.2) is 5.82 Å². The van der Waals surface area contributed by atoms with Crippen molar-refractivity contribution in [3.8, 4) is 0 Å². The number of rotatable bonds is 0. The zero-order valence-electron chi connectivity index (χ0n) is 11.2. The highest BCUT2D eigenvalue weighted by Crippen LogP contribution is 2.34. The molecule has 1 aromatic carbocycles. The molecule has 0 atom stereocenters. The quantitative estimate of drug-likeness (QED) is 0.757.